The molecule has 2 N–H and O–H groups in total. The van der Waals surface area contributed by atoms with Crippen LogP contribution in [0.5, 0.6) is 11.6 Å². The van der Waals surface area contributed by atoms with Crippen LogP contribution in [0.2, 0.25) is 0 Å². The number of methoxy groups -OCH3 is 1. The van der Waals surface area contributed by atoms with Gasteiger partial charge in [0.25, 0.3) is 5.91 Å². The maximum atomic E-state index is 12.6. The number of aromatic nitrogens is 2. The van der Waals surface area contributed by atoms with Gasteiger partial charge in [0.15, 0.2) is 5.82 Å². The second kappa shape index (κ2) is 7.90. The van der Waals surface area contributed by atoms with Gasteiger partial charge in [-0.2, -0.15) is 4.98 Å². The molecule has 2 heterocycles. The quantitative estimate of drug-likeness (QED) is 0.805. The van der Waals surface area contributed by atoms with Gasteiger partial charge in [0, 0.05) is 18.7 Å². The van der Waals surface area contributed by atoms with Gasteiger partial charge in [0.1, 0.15) is 5.75 Å². The molecule has 0 saturated carbocycles. The van der Waals surface area contributed by atoms with Gasteiger partial charge in [0.2, 0.25) is 5.88 Å². The highest BCUT2D eigenvalue weighted by molar-refractivity contribution is 6.05. The van der Waals surface area contributed by atoms with Crippen molar-refractivity contribution < 1.29 is 19.1 Å². The Balaban J connectivity index is 1.82. The number of nitrogens with zero attached hydrogens (tertiary/aromatic N) is 3. The Morgan fingerprint density at radius 1 is 1.33 bits per heavy atom. The Hall–Kier alpha value is -3.36. The zero-order valence-electron chi connectivity index (χ0n) is 15.4. The molecule has 9 nitrogen and oxygen atoms in total. The second-order valence-corrected chi connectivity index (χ2v) is 6.13. The Morgan fingerprint density at radius 2 is 2.15 bits per heavy atom. The predicted molar refractivity (Wildman–Crippen MR) is 99.5 cm³/mol. The Labute approximate surface area is 156 Å². The van der Waals surface area contributed by atoms with Crippen LogP contribution in [0.1, 0.15) is 24.2 Å². The van der Waals surface area contributed by atoms with E-state index in [0.717, 1.165) is 0 Å². The summed E-state index contributed by atoms with van der Waals surface area (Å²) < 4.78 is 10.8. The molecule has 142 valence electrons. The van der Waals surface area contributed by atoms with Crippen LogP contribution >= 0.6 is 0 Å². The van der Waals surface area contributed by atoms with E-state index in [0.29, 0.717) is 36.0 Å². The molecule has 0 unspecified atom stereocenters. The van der Waals surface area contributed by atoms with Gasteiger partial charge in [-0.15, -0.1) is 0 Å². The largest absolute Gasteiger partial charge is 0.495 e. The molecule has 1 aliphatic rings. The average molecular weight is 371 g/mol. The first kappa shape index (κ1) is 18.4. The highest BCUT2D eigenvalue weighted by Gasteiger charge is 2.25. The van der Waals surface area contributed by atoms with E-state index in [1.165, 1.54) is 24.4 Å². The summed E-state index contributed by atoms with van der Waals surface area (Å²) in [5.74, 6) is 0.728. The lowest BCUT2D eigenvalue weighted by atomic mass is 10.1. The fraction of sp³-hybridized carbons (Fsp3) is 0.333. The first-order valence-corrected chi connectivity index (χ1v) is 8.51. The summed E-state index contributed by atoms with van der Waals surface area (Å²) >= 11 is 0. The number of hydrogen-bond donors (Lipinski definition) is 2. The van der Waals surface area contributed by atoms with Crippen LogP contribution in [0.25, 0.3) is 0 Å². The fourth-order valence-corrected chi connectivity index (χ4v) is 2.64. The number of anilines is 2. The van der Waals surface area contributed by atoms with Crippen molar-refractivity contribution in [2.75, 3.05) is 30.4 Å². The Morgan fingerprint density at radius 3 is 2.81 bits per heavy atom. The van der Waals surface area contributed by atoms with Crippen molar-refractivity contribution in [2.24, 2.45) is 0 Å². The third-order valence-corrected chi connectivity index (χ3v) is 3.80. The topological polar surface area (TPSA) is 106 Å². The summed E-state index contributed by atoms with van der Waals surface area (Å²) in [5, 5.41) is 5.41. The van der Waals surface area contributed by atoms with Crippen LogP contribution in [-0.4, -0.2) is 48.2 Å². The molecule has 2 aromatic rings. The van der Waals surface area contributed by atoms with Crippen LogP contribution in [-0.2, 0) is 0 Å². The normalized spacial score (nSPS) is 13.5. The van der Waals surface area contributed by atoms with E-state index in [1.54, 1.807) is 18.2 Å². The Kier molecular flexibility index (Phi) is 5.39. The van der Waals surface area contributed by atoms with Gasteiger partial charge in [-0.05, 0) is 32.0 Å². The van der Waals surface area contributed by atoms with Gasteiger partial charge in [-0.1, -0.05) is 0 Å². The van der Waals surface area contributed by atoms with Crippen LogP contribution in [0, 0.1) is 0 Å². The zero-order chi connectivity index (χ0) is 19.4. The standard InChI is InChI=1S/C18H21N5O4/c1-11(2)27-16-10-19-9-15(21-16)22-17(24)12-4-5-14(26-3)13(8-12)23-7-6-20-18(23)25/h4-5,8-11H,6-7H2,1-3H3,(H,20,25)(H,21,22,24). The van der Waals surface area contributed by atoms with Crippen molar-refractivity contribution in [3.63, 3.8) is 0 Å². The monoisotopic (exact) mass is 371 g/mol. The molecular formula is C18H21N5O4. The first-order chi connectivity index (χ1) is 13.0. The second-order valence-electron chi connectivity index (χ2n) is 6.13. The maximum absolute atomic E-state index is 12.6. The summed E-state index contributed by atoms with van der Waals surface area (Å²) in [6.07, 6.45) is 2.86. The highest BCUT2D eigenvalue weighted by atomic mass is 16.5. The van der Waals surface area contributed by atoms with Crippen LogP contribution in [0.3, 0.4) is 0 Å². The van der Waals surface area contributed by atoms with Gasteiger partial charge >= 0.3 is 6.03 Å². The van der Waals surface area contributed by atoms with Crippen molar-refractivity contribution >= 4 is 23.4 Å². The van der Waals surface area contributed by atoms with Gasteiger partial charge in [-0.25, -0.2) is 4.79 Å². The minimum Gasteiger partial charge on any atom is -0.495 e. The Bertz CT molecular complexity index is 855. The molecule has 1 saturated heterocycles. The molecule has 1 aromatic carbocycles. The number of benzene rings is 1. The molecule has 27 heavy (non-hydrogen) atoms. The summed E-state index contributed by atoms with van der Waals surface area (Å²) in [6, 6.07) is 4.66. The number of carbonyl (C=O) groups is 2. The number of nitrogens with one attached hydrogen (secondary N) is 2. The van der Waals surface area contributed by atoms with Gasteiger partial charge in [0.05, 0.1) is 31.3 Å². The lowest BCUT2D eigenvalue weighted by Crippen LogP contribution is -2.28. The minimum absolute atomic E-state index is 0.0546. The smallest absolute Gasteiger partial charge is 0.322 e. The molecule has 0 spiro atoms. The lowest BCUT2D eigenvalue weighted by molar-refractivity contribution is 0.102. The van der Waals surface area contributed by atoms with E-state index >= 15 is 0 Å². The van der Waals surface area contributed by atoms with Crippen molar-refractivity contribution in [1.82, 2.24) is 15.3 Å². The van der Waals surface area contributed by atoms with Crippen molar-refractivity contribution in [2.45, 2.75) is 20.0 Å². The minimum atomic E-state index is -0.380. The highest BCUT2D eigenvalue weighted by Crippen LogP contribution is 2.30. The summed E-state index contributed by atoms with van der Waals surface area (Å²) in [4.78, 5) is 34.3. The number of rotatable bonds is 6. The van der Waals surface area contributed by atoms with Crippen molar-refractivity contribution in [1.29, 1.82) is 0 Å². The number of amides is 3. The molecule has 0 bridgehead atoms. The molecule has 0 aliphatic carbocycles. The number of carbonyl (C=O) groups excluding carboxylic acids is 2. The van der Waals surface area contributed by atoms with E-state index < -0.39 is 0 Å². The van der Waals surface area contributed by atoms with Crippen molar-refractivity contribution in [3.05, 3.63) is 36.2 Å². The van der Waals surface area contributed by atoms with E-state index in [1.807, 2.05) is 13.8 Å². The number of hydrogen-bond acceptors (Lipinski definition) is 6. The molecule has 1 fully saturated rings. The van der Waals surface area contributed by atoms with Crippen molar-refractivity contribution in [3.8, 4) is 11.6 Å². The molecule has 9 heteroatoms. The molecule has 0 atom stereocenters. The molecule has 3 rings (SSSR count). The van der Waals surface area contributed by atoms with E-state index in [9.17, 15) is 9.59 Å². The van der Waals surface area contributed by atoms with E-state index in [4.69, 9.17) is 9.47 Å². The number of urea groups is 1. The maximum Gasteiger partial charge on any atom is 0.322 e. The zero-order valence-corrected chi connectivity index (χ0v) is 15.4. The van der Waals surface area contributed by atoms with E-state index in [-0.39, 0.29) is 23.9 Å². The molecule has 1 aliphatic heterocycles. The van der Waals surface area contributed by atoms with Crippen LogP contribution < -0.4 is 25.0 Å². The SMILES string of the molecule is COc1ccc(C(=O)Nc2cncc(OC(C)C)n2)cc1N1CCNC1=O. The predicted octanol–water partition coefficient (Wildman–Crippen LogP) is 2.05. The molecule has 3 amide bonds. The third-order valence-electron chi connectivity index (χ3n) is 3.80. The first-order valence-electron chi connectivity index (χ1n) is 8.51. The summed E-state index contributed by atoms with van der Waals surface area (Å²) in [7, 11) is 1.52. The molecular weight excluding hydrogens is 350 g/mol. The summed E-state index contributed by atoms with van der Waals surface area (Å²) in [6.45, 7) is 4.79. The van der Waals surface area contributed by atoms with Crippen LogP contribution in [0.4, 0.5) is 16.3 Å². The average Bonchev–Trinajstić information content (AvgIpc) is 3.06. The van der Waals surface area contributed by atoms with E-state index in [2.05, 4.69) is 20.6 Å². The molecule has 0 radical (unpaired) electrons. The lowest BCUT2D eigenvalue weighted by Gasteiger charge is -2.18. The van der Waals surface area contributed by atoms with Gasteiger partial charge in [-0.3, -0.25) is 14.7 Å². The summed E-state index contributed by atoms with van der Waals surface area (Å²) in [5.41, 5.74) is 0.894. The fourth-order valence-electron chi connectivity index (χ4n) is 2.64. The van der Waals surface area contributed by atoms with Crippen LogP contribution in [0.15, 0.2) is 30.6 Å². The number of ether oxygens (including phenoxy) is 2. The third kappa shape index (κ3) is 4.25. The molecule has 1 aromatic heterocycles. The van der Waals surface area contributed by atoms with Gasteiger partial charge < -0.3 is 20.1 Å².